The van der Waals surface area contributed by atoms with E-state index in [2.05, 4.69) is 5.32 Å². The molecule has 2 heterocycles. The van der Waals surface area contributed by atoms with Gasteiger partial charge in [-0.3, -0.25) is 4.79 Å². The largest absolute Gasteiger partial charge is 0.480 e. The summed E-state index contributed by atoms with van der Waals surface area (Å²) in [6, 6.07) is 10.9. The average molecular weight is 447 g/mol. The number of amides is 1. The van der Waals surface area contributed by atoms with Gasteiger partial charge < -0.3 is 19.3 Å². The van der Waals surface area contributed by atoms with Gasteiger partial charge in [-0.05, 0) is 43.9 Å². The van der Waals surface area contributed by atoms with Crippen molar-refractivity contribution < 1.29 is 23.5 Å². The molecule has 4 rings (SSSR count). The highest BCUT2D eigenvalue weighted by molar-refractivity contribution is 6.04. The molecule has 0 aliphatic rings. The quantitative estimate of drug-likeness (QED) is 0.396. The van der Waals surface area contributed by atoms with Gasteiger partial charge in [0.05, 0.1) is 6.26 Å². The van der Waals surface area contributed by atoms with Gasteiger partial charge in [0.2, 0.25) is 5.91 Å². The number of hydrogen-bond donors (Lipinski definition) is 2. The van der Waals surface area contributed by atoms with Gasteiger partial charge in [0.1, 0.15) is 17.2 Å². The van der Waals surface area contributed by atoms with Gasteiger partial charge in [0.15, 0.2) is 0 Å². The molecule has 7 heteroatoms. The summed E-state index contributed by atoms with van der Waals surface area (Å²) in [4.78, 5) is 36.2. The van der Waals surface area contributed by atoms with Crippen LogP contribution in [0.25, 0.3) is 33.1 Å². The number of aryl methyl sites for hydroxylation is 2. The van der Waals surface area contributed by atoms with Gasteiger partial charge in [0, 0.05) is 33.9 Å². The molecule has 0 bridgehead atoms. The van der Waals surface area contributed by atoms with Crippen LogP contribution in [0.2, 0.25) is 0 Å². The molecule has 4 aromatic rings. The van der Waals surface area contributed by atoms with Crippen molar-refractivity contribution >= 4 is 33.8 Å². The second-order valence-corrected chi connectivity index (χ2v) is 8.13. The number of carbonyl (C=O) groups is 2. The van der Waals surface area contributed by atoms with Gasteiger partial charge >= 0.3 is 11.6 Å². The molecule has 2 N–H and O–H groups in total. The summed E-state index contributed by atoms with van der Waals surface area (Å²) in [6.07, 6.45) is 2.13. The zero-order valence-electron chi connectivity index (χ0n) is 18.7. The van der Waals surface area contributed by atoms with Gasteiger partial charge in [-0.25, -0.2) is 9.59 Å². The summed E-state index contributed by atoms with van der Waals surface area (Å²) in [6.45, 7) is 5.38. The van der Waals surface area contributed by atoms with Crippen molar-refractivity contribution in [1.29, 1.82) is 0 Å². The van der Waals surface area contributed by atoms with Crippen LogP contribution in [0.15, 0.2) is 56.3 Å². The highest BCUT2D eigenvalue weighted by atomic mass is 16.4. The summed E-state index contributed by atoms with van der Waals surface area (Å²) in [7, 11) is 0. The predicted octanol–water partition coefficient (Wildman–Crippen LogP) is 4.74. The molecule has 33 heavy (non-hydrogen) atoms. The molecule has 0 aliphatic carbocycles. The topological polar surface area (TPSA) is 110 Å². The van der Waals surface area contributed by atoms with E-state index >= 15 is 0 Å². The Kier molecular flexibility index (Phi) is 6.05. The maximum Gasteiger partial charge on any atom is 0.339 e. The molecule has 0 radical (unpaired) electrons. The van der Waals surface area contributed by atoms with Crippen LogP contribution in [-0.2, 0) is 16.0 Å². The molecule has 0 saturated heterocycles. The van der Waals surface area contributed by atoms with E-state index in [0.29, 0.717) is 16.7 Å². The molecule has 0 saturated carbocycles. The SMILES string of the molecule is CCC(NC(=O)CCc1c(C)c2cc3c(-c4ccccc4)coc3c(C)c2oc1=O)C(=O)O. The molecule has 0 spiro atoms. The number of furan rings is 1. The second-order valence-electron chi connectivity index (χ2n) is 8.13. The smallest absolute Gasteiger partial charge is 0.339 e. The highest BCUT2D eigenvalue weighted by Gasteiger charge is 2.21. The van der Waals surface area contributed by atoms with Gasteiger partial charge in [-0.15, -0.1) is 0 Å². The summed E-state index contributed by atoms with van der Waals surface area (Å²) < 4.78 is 11.5. The van der Waals surface area contributed by atoms with E-state index in [1.165, 1.54) is 0 Å². The van der Waals surface area contributed by atoms with Crippen LogP contribution in [0.5, 0.6) is 0 Å². The van der Waals surface area contributed by atoms with E-state index in [-0.39, 0.29) is 19.3 Å². The number of carboxylic acid groups (broad SMARTS) is 1. The number of aliphatic carboxylic acids is 1. The molecule has 7 nitrogen and oxygen atoms in total. The molecule has 0 fully saturated rings. The second kappa shape index (κ2) is 8.94. The number of fused-ring (bicyclic) bond motifs is 2. The zero-order chi connectivity index (χ0) is 23.7. The van der Waals surface area contributed by atoms with Gasteiger partial charge in [0.25, 0.3) is 0 Å². The first-order valence-corrected chi connectivity index (χ1v) is 10.9. The minimum absolute atomic E-state index is 0.0108. The first kappa shape index (κ1) is 22.3. The minimum atomic E-state index is -1.08. The number of hydrogen-bond acceptors (Lipinski definition) is 5. The lowest BCUT2D eigenvalue weighted by Gasteiger charge is -2.13. The maximum atomic E-state index is 12.7. The molecule has 0 aliphatic heterocycles. The monoisotopic (exact) mass is 447 g/mol. The highest BCUT2D eigenvalue weighted by Crippen LogP contribution is 2.37. The Hall–Kier alpha value is -3.87. The van der Waals surface area contributed by atoms with Crippen LogP contribution in [0.4, 0.5) is 0 Å². The standard InChI is InChI=1S/C26H25NO6/c1-4-21(25(29)30)27-22(28)11-10-17-14(2)18-12-19-20(16-8-6-5-7-9-16)13-32-23(19)15(3)24(18)33-26(17)31/h5-9,12-13,21H,4,10-11H2,1-3H3,(H,27,28)(H,29,30). The van der Waals surface area contributed by atoms with Crippen LogP contribution < -0.4 is 10.9 Å². The third-order valence-corrected chi connectivity index (χ3v) is 6.07. The normalized spacial score (nSPS) is 12.2. The van der Waals surface area contributed by atoms with Crippen molar-refractivity contribution in [1.82, 2.24) is 5.32 Å². The van der Waals surface area contributed by atoms with Crippen molar-refractivity contribution in [2.24, 2.45) is 0 Å². The van der Waals surface area contributed by atoms with Crippen molar-refractivity contribution in [2.45, 2.75) is 46.1 Å². The fourth-order valence-electron chi connectivity index (χ4n) is 4.17. The van der Waals surface area contributed by atoms with Crippen LogP contribution in [-0.4, -0.2) is 23.0 Å². The van der Waals surface area contributed by atoms with Crippen LogP contribution >= 0.6 is 0 Å². The Labute approximate surface area is 190 Å². The fraction of sp³-hybridized carbons (Fsp3) is 0.269. The summed E-state index contributed by atoms with van der Waals surface area (Å²) >= 11 is 0. The molecule has 1 amide bonds. The Morgan fingerprint density at radius 2 is 1.79 bits per heavy atom. The molecule has 2 aromatic carbocycles. The Morgan fingerprint density at radius 3 is 2.45 bits per heavy atom. The van der Waals surface area contributed by atoms with Gasteiger partial charge in [-0.1, -0.05) is 37.3 Å². The third-order valence-electron chi connectivity index (χ3n) is 6.07. The van der Waals surface area contributed by atoms with Crippen molar-refractivity contribution in [3.05, 3.63) is 69.8 Å². The predicted molar refractivity (Wildman–Crippen MR) is 125 cm³/mol. The number of rotatable bonds is 7. The lowest BCUT2D eigenvalue weighted by Crippen LogP contribution is -2.40. The van der Waals surface area contributed by atoms with E-state index in [1.54, 1.807) is 13.2 Å². The van der Waals surface area contributed by atoms with Gasteiger partial charge in [-0.2, -0.15) is 0 Å². The van der Waals surface area contributed by atoms with E-state index in [0.717, 1.165) is 33.0 Å². The lowest BCUT2D eigenvalue weighted by atomic mass is 9.96. The van der Waals surface area contributed by atoms with E-state index in [1.807, 2.05) is 50.2 Å². The average Bonchev–Trinajstić information content (AvgIpc) is 3.23. The molecule has 2 aromatic heterocycles. The summed E-state index contributed by atoms with van der Waals surface area (Å²) in [5.41, 5.74) is 4.47. The maximum absolute atomic E-state index is 12.7. The lowest BCUT2D eigenvalue weighted by molar-refractivity contribution is -0.141. The first-order valence-electron chi connectivity index (χ1n) is 10.9. The minimum Gasteiger partial charge on any atom is -0.480 e. The Bertz CT molecular complexity index is 1410. The number of carbonyl (C=O) groups excluding carboxylic acids is 1. The summed E-state index contributed by atoms with van der Waals surface area (Å²) in [5.74, 6) is -1.50. The van der Waals surface area contributed by atoms with Crippen LogP contribution in [0, 0.1) is 13.8 Å². The summed E-state index contributed by atoms with van der Waals surface area (Å²) in [5, 5.41) is 13.3. The fourth-order valence-corrected chi connectivity index (χ4v) is 4.17. The molecule has 1 unspecified atom stereocenters. The number of carboxylic acids is 1. The Balaban J connectivity index is 1.73. The first-order chi connectivity index (χ1) is 15.8. The van der Waals surface area contributed by atoms with Crippen molar-refractivity contribution in [2.75, 3.05) is 0 Å². The molecule has 170 valence electrons. The van der Waals surface area contributed by atoms with Crippen molar-refractivity contribution in [3.63, 3.8) is 0 Å². The molecule has 1 atom stereocenters. The molecular weight excluding hydrogens is 422 g/mol. The van der Waals surface area contributed by atoms with Crippen LogP contribution in [0.3, 0.4) is 0 Å². The number of nitrogens with one attached hydrogen (secondary N) is 1. The van der Waals surface area contributed by atoms with E-state index in [4.69, 9.17) is 13.9 Å². The Morgan fingerprint density at radius 1 is 1.06 bits per heavy atom. The zero-order valence-corrected chi connectivity index (χ0v) is 18.7. The van der Waals surface area contributed by atoms with E-state index < -0.39 is 23.5 Å². The molecular formula is C26H25NO6. The van der Waals surface area contributed by atoms with Crippen molar-refractivity contribution in [3.8, 4) is 11.1 Å². The van der Waals surface area contributed by atoms with E-state index in [9.17, 15) is 14.4 Å². The third kappa shape index (κ3) is 4.14. The van der Waals surface area contributed by atoms with Crippen LogP contribution in [0.1, 0.15) is 36.5 Å². The number of benzene rings is 2.